The lowest BCUT2D eigenvalue weighted by Gasteiger charge is -2.33. The monoisotopic (exact) mass is 422 g/mol. The summed E-state index contributed by atoms with van der Waals surface area (Å²) in [6.45, 7) is 9.69. The number of aryl methyl sites for hydroxylation is 2. The molecule has 0 N–H and O–H groups in total. The molecule has 8 heteroatoms. The van der Waals surface area contributed by atoms with Crippen molar-refractivity contribution < 1.29 is 0 Å². The van der Waals surface area contributed by atoms with Crippen molar-refractivity contribution in [3.63, 3.8) is 0 Å². The molecule has 1 fully saturated rings. The van der Waals surface area contributed by atoms with Gasteiger partial charge in [-0.15, -0.1) is 5.10 Å². The Bertz CT molecular complexity index is 1180. The van der Waals surface area contributed by atoms with Crippen LogP contribution in [0.15, 0.2) is 23.1 Å². The molecule has 0 radical (unpaired) electrons. The van der Waals surface area contributed by atoms with Gasteiger partial charge < -0.3 is 9.80 Å². The first kappa shape index (κ1) is 19.4. The Morgan fingerprint density at radius 1 is 1.00 bits per heavy atom. The van der Waals surface area contributed by atoms with E-state index in [-0.39, 0.29) is 5.56 Å². The highest BCUT2D eigenvalue weighted by atomic mass is 32.2. The molecule has 0 spiro atoms. The number of hydrogen-bond acceptors (Lipinski definition) is 7. The van der Waals surface area contributed by atoms with Crippen LogP contribution in [0.25, 0.3) is 5.65 Å². The van der Waals surface area contributed by atoms with E-state index in [2.05, 4.69) is 27.8 Å². The van der Waals surface area contributed by atoms with Crippen molar-refractivity contribution in [1.82, 2.24) is 19.6 Å². The summed E-state index contributed by atoms with van der Waals surface area (Å²) in [7, 11) is 0. The van der Waals surface area contributed by atoms with Crippen LogP contribution < -0.4 is 15.4 Å². The predicted molar refractivity (Wildman–Crippen MR) is 122 cm³/mol. The van der Waals surface area contributed by atoms with Gasteiger partial charge in [0.1, 0.15) is 0 Å². The van der Waals surface area contributed by atoms with Crippen LogP contribution in [0.1, 0.15) is 28.1 Å². The first-order valence-corrected chi connectivity index (χ1v) is 11.6. The molecule has 2 aliphatic rings. The number of rotatable bonds is 2. The minimum absolute atomic E-state index is 0.133. The van der Waals surface area contributed by atoms with Crippen molar-refractivity contribution in [2.75, 3.05) is 40.9 Å². The Kier molecular flexibility index (Phi) is 4.89. The van der Waals surface area contributed by atoms with Crippen LogP contribution in [-0.2, 0) is 13.0 Å². The Balaban J connectivity index is 1.52. The first-order chi connectivity index (χ1) is 14.5. The topological polar surface area (TPSA) is 66.6 Å². The second-order valence-corrected chi connectivity index (χ2v) is 9.34. The second-order valence-electron chi connectivity index (χ2n) is 8.12. The number of nitrogens with zero attached hydrogens (tertiary/aromatic N) is 6. The Labute approximate surface area is 180 Å². The molecule has 1 saturated heterocycles. The van der Waals surface area contributed by atoms with Gasteiger partial charge in [0, 0.05) is 72.7 Å². The van der Waals surface area contributed by atoms with Crippen molar-refractivity contribution in [1.29, 1.82) is 0 Å². The number of hydrogen-bond donors (Lipinski definition) is 0. The summed E-state index contributed by atoms with van der Waals surface area (Å²) >= 11 is 2.01. The summed E-state index contributed by atoms with van der Waals surface area (Å²) in [5.41, 5.74) is 6.95. The van der Waals surface area contributed by atoms with E-state index < -0.39 is 0 Å². The summed E-state index contributed by atoms with van der Waals surface area (Å²) in [6.07, 6.45) is 2.91. The third-order valence-corrected chi connectivity index (χ3v) is 7.10. The quantitative estimate of drug-likeness (QED) is 0.629. The molecule has 0 aliphatic carbocycles. The van der Waals surface area contributed by atoms with Crippen LogP contribution in [-0.4, -0.2) is 50.7 Å². The van der Waals surface area contributed by atoms with Crippen LogP contribution in [0.3, 0.4) is 0 Å². The van der Waals surface area contributed by atoms with Gasteiger partial charge in [-0.05, 0) is 32.4 Å². The Morgan fingerprint density at radius 3 is 2.60 bits per heavy atom. The third kappa shape index (κ3) is 3.33. The zero-order chi connectivity index (χ0) is 20.8. The number of anilines is 2. The maximum absolute atomic E-state index is 12.5. The van der Waals surface area contributed by atoms with E-state index in [4.69, 9.17) is 10.1 Å². The zero-order valence-corrected chi connectivity index (χ0v) is 18.5. The van der Waals surface area contributed by atoms with E-state index in [0.29, 0.717) is 5.65 Å². The lowest BCUT2D eigenvalue weighted by molar-refractivity contribution is 0.682. The molecule has 0 bridgehead atoms. The molecule has 5 rings (SSSR count). The summed E-state index contributed by atoms with van der Waals surface area (Å²) in [5.74, 6) is 3.20. The van der Waals surface area contributed by atoms with Crippen LogP contribution in [0.4, 0.5) is 11.5 Å². The van der Waals surface area contributed by atoms with Crippen LogP contribution in [0, 0.1) is 20.8 Å². The SMILES string of the molecule is Cc1cc(=O)n2nc(N3CCc4ncc(N5CCSCC5)cc4C3)c(C)c(C)c2n1. The smallest absolute Gasteiger partial charge is 0.274 e. The van der Waals surface area contributed by atoms with E-state index in [9.17, 15) is 4.79 Å². The third-order valence-electron chi connectivity index (χ3n) is 6.15. The number of fused-ring (bicyclic) bond motifs is 2. The summed E-state index contributed by atoms with van der Waals surface area (Å²) in [4.78, 5) is 26.6. The molecule has 2 aliphatic heterocycles. The molecule has 0 aromatic carbocycles. The summed E-state index contributed by atoms with van der Waals surface area (Å²) in [5, 5.41) is 4.72. The van der Waals surface area contributed by atoms with Crippen molar-refractivity contribution >= 4 is 28.9 Å². The van der Waals surface area contributed by atoms with Gasteiger partial charge in [-0.1, -0.05) is 0 Å². The van der Waals surface area contributed by atoms with E-state index in [0.717, 1.165) is 55.2 Å². The number of thioether (sulfide) groups is 1. The molecule has 0 amide bonds. The molecule has 0 atom stereocenters. The number of aromatic nitrogens is 4. The summed E-state index contributed by atoms with van der Waals surface area (Å²) in [6, 6.07) is 3.84. The fourth-order valence-electron chi connectivity index (χ4n) is 4.32. The molecule has 156 valence electrons. The van der Waals surface area contributed by atoms with Gasteiger partial charge in [0.2, 0.25) is 0 Å². The lowest BCUT2D eigenvalue weighted by Crippen LogP contribution is -2.35. The molecular formula is C22H26N6OS. The van der Waals surface area contributed by atoms with Gasteiger partial charge in [-0.2, -0.15) is 16.3 Å². The molecule has 5 heterocycles. The van der Waals surface area contributed by atoms with Gasteiger partial charge in [0.05, 0.1) is 11.9 Å². The van der Waals surface area contributed by atoms with Crippen molar-refractivity contribution in [3.05, 3.63) is 56.8 Å². The van der Waals surface area contributed by atoms with Crippen LogP contribution in [0.2, 0.25) is 0 Å². The minimum Gasteiger partial charge on any atom is -0.369 e. The molecule has 30 heavy (non-hydrogen) atoms. The van der Waals surface area contributed by atoms with Crippen molar-refractivity contribution in [2.45, 2.75) is 33.7 Å². The molecule has 0 unspecified atom stereocenters. The minimum atomic E-state index is -0.133. The summed E-state index contributed by atoms with van der Waals surface area (Å²) < 4.78 is 1.44. The van der Waals surface area contributed by atoms with Crippen LogP contribution in [0.5, 0.6) is 0 Å². The maximum Gasteiger partial charge on any atom is 0.274 e. The molecule has 0 saturated carbocycles. The van der Waals surface area contributed by atoms with Gasteiger partial charge >= 0.3 is 0 Å². The van der Waals surface area contributed by atoms with Gasteiger partial charge in [0.25, 0.3) is 5.56 Å². The number of pyridine rings is 1. The molecular weight excluding hydrogens is 396 g/mol. The van der Waals surface area contributed by atoms with Crippen molar-refractivity contribution in [2.24, 2.45) is 0 Å². The average Bonchev–Trinajstić information content (AvgIpc) is 2.76. The standard InChI is InChI=1S/C22H26N6OS/c1-14-10-20(29)28-21(24-14)15(2)16(3)22(25-28)27-5-4-19-17(13-27)11-18(12-23-19)26-6-8-30-9-7-26/h10-12H,4-9,13H2,1-3H3. The highest BCUT2D eigenvalue weighted by Crippen LogP contribution is 2.29. The highest BCUT2D eigenvalue weighted by molar-refractivity contribution is 7.99. The predicted octanol–water partition coefficient (Wildman–Crippen LogP) is 2.53. The highest BCUT2D eigenvalue weighted by Gasteiger charge is 2.24. The normalized spacial score (nSPS) is 16.8. The second kappa shape index (κ2) is 7.58. The van der Waals surface area contributed by atoms with E-state index in [1.807, 2.05) is 31.8 Å². The molecule has 3 aromatic rings. The Morgan fingerprint density at radius 2 is 1.80 bits per heavy atom. The van der Waals surface area contributed by atoms with Crippen molar-refractivity contribution in [3.8, 4) is 0 Å². The average molecular weight is 423 g/mol. The van der Waals surface area contributed by atoms with E-state index >= 15 is 0 Å². The molecule has 7 nitrogen and oxygen atoms in total. The zero-order valence-electron chi connectivity index (χ0n) is 17.7. The fraction of sp³-hybridized carbons (Fsp3) is 0.455. The van der Waals surface area contributed by atoms with Crippen LogP contribution >= 0.6 is 11.8 Å². The fourth-order valence-corrected chi connectivity index (χ4v) is 5.23. The van der Waals surface area contributed by atoms with E-state index in [1.54, 1.807) is 0 Å². The van der Waals surface area contributed by atoms with E-state index in [1.165, 1.54) is 39.0 Å². The maximum atomic E-state index is 12.5. The molecule has 3 aromatic heterocycles. The van der Waals surface area contributed by atoms with Gasteiger partial charge in [-0.25, -0.2) is 4.98 Å². The van der Waals surface area contributed by atoms with Gasteiger partial charge in [-0.3, -0.25) is 9.78 Å². The Hall–Kier alpha value is -2.61. The first-order valence-electron chi connectivity index (χ1n) is 10.4. The largest absolute Gasteiger partial charge is 0.369 e. The van der Waals surface area contributed by atoms with Gasteiger partial charge in [0.15, 0.2) is 11.5 Å². The lowest BCUT2D eigenvalue weighted by atomic mass is 10.0.